The van der Waals surface area contributed by atoms with Crippen molar-refractivity contribution in [3.05, 3.63) is 71.8 Å². The molecule has 2 aromatic rings. The van der Waals surface area contributed by atoms with E-state index in [2.05, 4.69) is 5.43 Å². The highest BCUT2D eigenvalue weighted by Gasteiger charge is 2.85. The third kappa shape index (κ3) is 1.73. The predicted molar refractivity (Wildman–Crippen MR) is 80.8 cm³/mol. The highest BCUT2D eigenvalue weighted by molar-refractivity contribution is 7.90. The Kier molecular flexibility index (Phi) is 2.76. The molecule has 2 aromatic carbocycles. The largest absolute Gasteiger partial charge is 0.512 e. The summed E-state index contributed by atoms with van der Waals surface area (Å²) in [6.45, 7) is 0. The van der Waals surface area contributed by atoms with Crippen LogP contribution in [0.4, 0.5) is 13.2 Å². The van der Waals surface area contributed by atoms with Gasteiger partial charge in [0.25, 0.3) is 0 Å². The van der Waals surface area contributed by atoms with Crippen LogP contribution in [0.25, 0.3) is 0 Å². The minimum atomic E-state index is -5.63. The molecule has 4 rings (SSSR count). The van der Waals surface area contributed by atoms with Crippen molar-refractivity contribution < 1.29 is 23.0 Å². The van der Waals surface area contributed by atoms with Crippen LogP contribution in [-0.4, -0.2) is 18.3 Å². The molecule has 0 radical (unpaired) electrons. The second kappa shape index (κ2) is 4.59. The van der Waals surface area contributed by atoms with Crippen molar-refractivity contribution in [2.24, 2.45) is 0 Å². The van der Waals surface area contributed by atoms with Crippen LogP contribution in [0.1, 0.15) is 18.9 Å². The van der Waals surface area contributed by atoms with Gasteiger partial charge in [0.05, 0.1) is 5.54 Å². The zero-order chi connectivity index (χ0) is 18.1. The molecule has 1 aliphatic carbocycles. The van der Waals surface area contributed by atoms with Crippen LogP contribution in [0.3, 0.4) is 0 Å². The lowest BCUT2D eigenvalue weighted by Crippen LogP contribution is -2.69. The number of fused-ring (bicyclic) bond motifs is 1. The first-order valence-corrected chi connectivity index (χ1v) is 8.57. The molecule has 1 unspecified atom stereocenters. The summed E-state index contributed by atoms with van der Waals surface area (Å²) in [7, 11) is -5.63. The van der Waals surface area contributed by atoms with Gasteiger partial charge < -0.3 is 0 Å². The Balaban J connectivity index is 1.90. The SMILES string of the molecule is [2H]C1[C@@]2(c3ccccc3)N(S(=O)(=O)C(F)(F)F)N[C@@]12c1ccccc1. The van der Waals surface area contributed by atoms with E-state index in [9.17, 15) is 21.6 Å². The number of nitrogens with zero attached hydrogens (tertiary/aromatic N) is 1. The van der Waals surface area contributed by atoms with Crippen LogP contribution in [0.5, 0.6) is 0 Å². The molecule has 1 saturated heterocycles. The van der Waals surface area contributed by atoms with Gasteiger partial charge in [-0.05, 0) is 11.1 Å². The smallest absolute Gasteiger partial charge is 0.227 e. The maximum atomic E-state index is 13.1. The monoisotopic (exact) mass is 355 g/mol. The number of rotatable bonds is 3. The van der Waals surface area contributed by atoms with E-state index in [1.807, 2.05) is 0 Å². The highest BCUT2D eigenvalue weighted by atomic mass is 32.2. The Morgan fingerprint density at radius 3 is 2.00 bits per heavy atom. The summed E-state index contributed by atoms with van der Waals surface area (Å²) >= 11 is 0. The van der Waals surface area contributed by atoms with Gasteiger partial charge in [0.1, 0.15) is 5.54 Å². The Bertz CT molecular complexity index is 923. The molecular weight excluding hydrogens is 341 g/mol. The quantitative estimate of drug-likeness (QED) is 0.921. The molecule has 0 aromatic heterocycles. The lowest BCUT2D eigenvalue weighted by molar-refractivity contribution is -0.0635. The van der Waals surface area contributed by atoms with Crippen molar-refractivity contribution >= 4 is 10.0 Å². The molecule has 126 valence electrons. The average Bonchev–Trinajstić information content (AvgIpc) is 2.97. The molecule has 8 heteroatoms. The van der Waals surface area contributed by atoms with Gasteiger partial charge in [0.15, 0.2) is 0 Å². The number of halogens is 3. The lowest BCUT2D eigenvalue weighted by Gasteiger charge is -2.47. The fraction of sp³-hybridized carbons (Fsp3) is 0.250. The van der Waals surface area contributed by atoms with E-state index in [1.54, 1.807) is 60.7 Å². The van der Waals surface area contributed by atoms with Crippen molar-refractivity contribution in [2.75, 3.05) is 0 Å². The van der Waals surface area contributed by atoms with Gasteiger partial charge in [-0.3, -0.25) is 0 Å². The minimum absolute atomic E-state index is 0.208. The molecule has 0 spiro atoms. The highest BCUT2D eigenvalue weighted by Crippen LogP contribution is 2.72. The van der Waals surface area contributed by atoms with Crippen molar-refractivity contribution in [3.8, 4) is 0 Å². The van der Waals surface area contributed by atoms with Crippen molar-refractivity contribution in [1.82, 2.24) is 9.84 Å². The van der Waals surface area contributed by atoms with Gasteiger partial charge in [0, 0.05) is 7.77 Å². The number of hydrogen-bond acceptors (Lipinski definition) is 3. The third-order valence-electron chi connectivity index (χ3n) is 4.52. The minimum Gasteiger partial charge on any atom is -0.227 e. The van der Waals surface area contributed by atoms with E-state index in [0.717, 1.165) is 0 Å². The third-order valence-corrected chi connectivity index (χ3v) is 5.96. The van der Waals surface area contributed by atoms with Crippen LogP contribution in [0.15, 0.2) is 60.7 Å². The van der Waals surface area contributed by atoms with E-state index >= 15 is 0 Å². The van der Waals surface area contributed by atoms with Crippen LogP contribution in [0.2, 0.25) is 0 Å². The number of hydrazine groups is 1. The maximum absolute atomic E-state index is 13.1. The normalized spacial score (nSPS) is 33.3. The Morgan fingerprint density at radius 2 is 1.50 bits per heavy atom. The number of hydrogen-bond donors (Lipinski definition) is 1. The van der Waals surface area contributed by atoms with Crippen molar-refractivity contribution in [3.63, 3.8) is 0 Å². The summed E-state index contributed by atoms with van der Waals surface area (Å²) in [5, 5.41) is 0. The van der Waals surface area contributed by atoms with Gasteiger partial charge in [-0.15, -0.1) is 4.41 Å². The van der Waals surface area contributed by atoms with Gasteiger partial charge >= 0.3 is 15.5 Å². The molecule has 1 N–H and O–H groups in total. The molecule has 24 heavy (non-hydrogen) atoms. The zero-order valence-electron chi connectivity index (χ0n) is 13.2. The van der Waals surface area contributed by atoms with Crippen molar-refractivity contribution in [1.29, 1.82) is 0 Å². The van der Waals surface area contributed by atoms with Gasteiger partial charge in [0.2, 0.25) is 0 Å². The summed E-state index contributed by atoms with van der Waals surface area (Å²) < 4.78 is 72.0. The Hall–Kier alpha value is -1.90. The fourth-order valence-corrected chi connectivity index (χ4v) is 4.50. The van der Waals surface area contributed by atoms with Crippen LogP contribution < -0.4 is 5.43 Å². The molecule has 1 heterocycles. The summed E-state index contributed by atoms with van der Waals surface area (Å²) in [5.74, 6) is 0. The van der Waals surface area contributed by atoms with Gasteiger partial charge in [-0.1, -0.05) is 60.7 Å². The first-order valence-electron chi connectivity index (χ1n) is 7.71. The van der Waals surface area contributed by atoms with E-state index in [1.165, 1.54) is 0 Å². The second-order valence-electron chi connectivity index (χ2n) is 5.78. The van der Waals surface area contributed by atoms with E-state index < -0.39 is 33.0 Å². The van der Waals surface area contributed by atoms with Gasteiger partial charge in [-0.2, -0.15) is 13.2 Å². The van der Waals surface area contributed by atoms with Crippen LogP contribution >= 0.6 is 0 Å². The number of sulfonamides is 1. The molecule has 4 nitrogen and oxygen atoms in total. The lowest BCUT2D eigenvalue weighted by atomic mass is 9.91. The molecule has 1 aliphatic heterocycles. The summed E-state index contributed by atoms with van der Waals surface area (Å²) in [4.78, 5) is 0. The summed E-state index contributed by atoms with van der Waals surface area (Å²) in [6, 6.07) is 16.5. The summed E-state index contributed by atoms with van der Waals surface area (Å²) in [5.41, 5.74) is -4.92. The van der Waals surface area contributed by atoms with E-state index in [0.29, 0.717) is 11.1 Å². The fourth-order valence-electron chi connectivity index (χ4n) is 3.35. The predicted octanol–water partition coefficient (Wildman–Crippen LogP) is 2.85. The topological polar surface area (TPSA) is 49.4 Å². The first-order chi connectivity index (χ1) is 11.7. The molecule has 2 aliphatic rings. The number of nitrogens with one attached hydrogen (secondary N) is 1. The average molecular weight is 355 g/mol. The molecule has 0 amide bonds. The molecule has 3 atom stereocenters. The molecule has 1 saturated carbocycles. The van der Waals surface area contributed by atoms with Crippen LogP contribution in [0, 0.1) is 0 Å². The maximum Gasteiger partial charge on any atom is 0.512 e. The Labute approximate surface area is 138 Å². The van der Waals surface area contributed by atoms with Crippen molar-refractivity contribution in [2.45, 2.75) is 23.0 Å². The molecule has 0 bridgehead atoms. The zero-order valence-corrected chi connectivity index (χ0v) is 13.0. The second-order valence-corrected chi connectivity index (χ2v) is 7.56. The Morgan fingerprint density at radius 1 is 1.00 bits per heavy atom. The molecular formula is C16H13F3N2O2S. The summed E-state index contributed by atoms with van der Waals surface area (Å²) in [6.07, 6.45) is -1.11. The number of benzene rings is 2. The molecule has 2 fully saturated rings. The first kappa shape index (κ1) is 14.4. The van der Waals surface area contributed by atoms with Crippen LogP contribution in [-0.2, 0) is 21.1 Å². The van der Waals surface area contributed by atoms with Gasteiger partial charge in [-0.25, -0.2) is 13.8 Å². The standard InChI is InChI=1S/C16H13F3N2O2S/c17-16(18,19)24(22,23)21-15(13-9-5-2-6-10-13)11-14(15,20-21)12-7-3-1-4-8-12/h1-10,20H,11H2/t14-,15+/m1/s1/i11D/t11?,14-,15+. The van der Waals surface area contributed by atoms with E-state index in [-0.39, 0.29) is 4.41 Å². The van der Waals surface area contributed by atoms with E-state index in [4.69, 9.17) is 1.37 Å². The number of alkyl halides is 3.